The van der Waals surface area contributed by atoms with Crippen LogP contribution in [-0.4, -0.2) is 40.9 Å². The van der Waals surface area contributed by atoms with Crippen LogP contribution in [0.4, 0.5) is 5.82 Å². The highest BCUT2D eigenvalue weighted by Crippen LogP contribution is 2.24. The van der Waals surface area contributed by atoms with Gasteiger partial charge in [-0.2, -0.15) is 0 Å². The van der Waals surface area contributed by atoms with E-state index in [9.17, 15) is 9.90 Å². The highest BCUT2D eigenvalue weighted by atomic mass is 16.3. The highest BCUT2D eigenvalue weighted by molar-refractivity contribution is 5.91. The Labute approximate surface area is 112 Å². The molecule has 1 aromatic heterocycles. The molecule has 0 aromatic carbocycles. The van der Waals surface area contributed by atoms with Gasteiger partial charge in [0.05, 0.1) is 6.10 Å². The summed E-state index contributed by atoms with van der Waals surface area (Å²) in [5.74, 6) is 0.654. The Morgan fingerprint density at radius 2 is 2.16 bits per heavy atom. The lowest BCUT2D eigenvalue weighted by Gasteiger charge is -2.27. The van der Waals surface area contributed by atoms with Crippen molar-refractivity contribution < 1.29 is 9.90 Å². The van der Waals surface area contributed by atoms with Crippen molar-refractivity contribution in [2.24, 2.45) is 5.92 Å². The van der Waals surface area contributed by atoms with E-state index >= 15 is 0 Å². The first kappa shape index (κ1) is 13.7. The van der Waals surface area contributed by atoms with Crippen molar-refractivity contribution in [1.29, 1.82) is 0 Å². The van der Waals surface area contributed by atoms with Gasteiger partial charge in [0.15, 0.2) is 5.69 Å². The average molecular weight is 264 g/mol. The maximum Gasteiger partial charge on any atom is 0.271 e. The summed E-state index contributed by atoms with van der Waals surface area (Å²) in [5, 5.41) is 23.3. The van der Waals surface area contributed by atoms with E-state index in [2.05, 4.69) is 20.8 Å². The lowest BCUT2D eigenvalue weighted by molar-refractivity contribution is 0.0763. The van der Waals surface area contributed by atoms with E-state index in [0.717, 1.165) is 19.3 Å². The Bertz CT molecular complexity index is 421. The fraction of sp³-hybridized carbons (Fsp3) is 0.615. The van der Waals surface area contributed by atoms with Crippen molar-refractivity contribution in [2.45, 2.75) is 31.8 Å². The number of carbonyl (C=O) groups excluding carboxylic acids is 1. The van der Waals surface area contributed by atoms with Crippen LogP contribution in [-0.2, 0) is 0 Å². The number of aliphatic hydroxyl groups is 1. The van der Waals surface area contributed by atoms with Crippen molar-refractivity contribution in [3.63, 3.8) is 0 Å². The van der Waals surface area contributed by atoms with Crippen LogP contribution in [0.25, 0.3) is 0 Å². The van der Waals surface area contributed by atoms with Crippen molar-refractivity contribution in [3.8, 4) is 0 Å². The molecule has 1 saturated carbocycles. The van der Waals surface area contributed by atoms with Crippen LogP contribution in [0.15, 0.2) is 12.1 Å². The van der Waals surface area contributed by atoms with Gasteiger partial charge in [-0.3, -0.25) is 4.79 Å². The zero-order chi connectivity index (χ0) is 13.7. The van der Waals surface area contributed by atoms with E-state index in [-0.39, 0.29) is 17.9 Å². The van der Waals surface area contributed by atoms with E-state index in [1.54, 1.807) is 19.2 Å². The van der Waals surface area contributed by atoms with Crippen LogP contribution in [0.2, 0.25) is 0 Å². The minimum atomic E-state index is -0.248. The normalized spacial score (nSPS) is 22.8. The van der Waals surface area contributed by atoms with Crippen LogP contribution in [0.3, 0.4) is 0 Å². The molecule has 0 aliphatic heterocycles. The number of carbonyl (C=O) groups is 1. The largest absolute Gasteiger partial charge is 0.393 e. The van der Waals surface area contributed by atoms with Crippen molar-refractivity contribution in [1.82, 2.24) is 15.5 Å². The summed E-state index contributed by atoms with van der Waals surface area (Å²) in [7, 11) is 1.56. The fourth-order valence-corrected chi connectivity index (χ4v) is 2.34. The predicted molar refractivity (Wildman–Crippen MR) is 71.9 cm³/mol. The Morgan fingerprint density at radius 3 is 2.79 bits per heavy atom. The van der Waals surface area contributed by atoms with Crippen LogP contribution in [0, 0.1) is 5.92 Å². The molecule has 2 unspecified atom stereocenters. The van der Waals surface area contributed by atoms with Gasteiger partial charge in [0.1, 0.15) is 5.82 Å². The maximum atomic E-state index is 11.3. The number of hydrogen-bond acceptors (Lipinski definition) is 5. The second-order valence-electron chi connectivity index (χ2n) is 4.88. The summed E-state index contributed by atoms with van der Waals surface area (Å²) in [6.07, 6.45) is 3.98. The Kier molecular flexibility index (Phi) is 4.68. The zero-order valence-corrected chi connectivity index (χ0v) is 11.1. The topological polar surface area (TPSA) is 87.1 Å². The third-order valence-electron chi connectivity index (χ3n) is 3.54. The minimum Gasteiger partial charge on any atom is -0.393 e. The van der Waals surface area contributed by atoms with Crippen LogP contribution in [0.1, 0.15) is 36.2 Å². The molecule has 104 valence electrons. The van der Waals surface area contributed by atoms with Crippen LogP contribution in [0.5, 0.6) is 0 Å². The lowest BCUT2D eigenvalue weighted by Crippen LogP contribution is -2.30. The first-order valence-electron chi connectivity index (χ1n) is 6.68. The number of hydrogen-bond donors (Lipinski definition) is 3. The molecule has 1 heterocycles. The maximum absolute atomic E-state index is 11.3. The summed E-state index contributed by atoms with van der Waals surface area (Å²) in [4.78, 5) is 11.3. The molecule has 2 atom stereocenters. The summed E-state index contributed by atoms with van der Waals surface area (Å²) in [5.41, 5.74) is 0.297. The molecule has 0 saturated heterocycles. The molecule has 1 aromatic rings. The van der Waals surface area contributed by atoms with E-state index < -0.39 is 0 Å². The Balaban J connectivity index is 1.87. The number of aromatic nitrogens is 2. The Hall–Kier alpha value is -1.69. The number of nitrogens with zero attached hydrogens (tertiary/aromatic N) is 2. The van der Waals surface area contributed by atoms with Gasteiger partial charge in [0.25, 0.3) is 5.91 Å². The molecule has 1 aliphatic rings. The third kappa shape index (κ3) is 3.64. The number of rotatable bonds is 4. The minimum absolute atomic E-state index is 0.223. The molecule has 19 heavy (non-hydrogen) atoms. The number of nitrogens with one attached hydrogen (secondary N) is 2. The molecule has 1 amide bonds. The van der Waals surface area contributed by atoms with E-state index in [4.69, 9.17) is 0 Å². The molecule has 0 bridgehead atoms. The van der Waals surface area contributed by atoms with E-state index in [1.807, 2.05) is 0 Å². The van der Waals surface area contributed by atoms with Gasteiger partial charge < -0.3 is 15.7 Å². The quantitative estimate of drug-likeness (QED) is 0.748. The second kappa shape index (κ2) is 6.47. The smallest absolute Gasteiger partial charge is 0.271 e. The van der Waals surface area contributed by atoms with Gasteiger partial charge in [0, 0.05) is 19.5 Å². The van der Waals surface area contributed by atoms with Gasteiger partial charge in [0.2, 0.25) is 0 Å². The number of amides is 1. The van der Waals surface area contributed by atoms with Crippen molar-refractivity contribution in [3.05, 3.63) is 17.8 Å². The van der Waals surface area contributed by atoms with Gasteiger partial charge >= 0.3 is 0 Å². The molecule has 1 aliphatic carbocycles. The number of aliphatic hydroxyl groups excluding tert-OH is 1. The standard InChI is InChI=1S/C13H20N4O2/c1-14-13(19)10-6-7-12(17-16-10)15-8-9-4-2-3-5-11(9)18/h6-7,9,11,18H,2-5,8H2,1H3,(H,14,19)(H,15,17). The van der Waals surface area contributed by atoms with E-state index in [1.165, 1.54) is 6.42 Å². The van der Waals surface area contributed by atoms with Gasteiger partial charge in [-0.25, -0.2) is 0 Å². The van der Waals surface area contributed by atoms with Gasteiger partial charge in [-0.05, 0) is 25.0 Å². The molecular formula is C13H20N4O2. The molecule has 0 radical (unpaired) electrons. The summed E-state index contributed by atoms with van der Waals surface area (Å²) in [6.45, 7) is 0.690. The summed E-state index contributed by atoms with van der Waals surface area (Å²) in [6, 6.07) is 3.36. The molecule has 2 rings (SSSR count). The van der Waals surface area contributed by atoms with Crippen molar-refractivity contribution in [2.75, 3.05) is 18.9 Å². The molecule has 1 fully saturated rings. The summed E-state index contributed by atoms with van der Waals surface area (Å²) >= 11 is 0. The van der Waals surface area contributed by atoms with Crippen molar-refractivity contribution >= 4 is 11.7 Å². The van der Waals surface area contributed by atoms with Crippen LogP contribution >= 0.6 is 0 Å². The first-order valence-corrected chi connectivity index (χ1v) is 6.68. The highest BCUT2D eigenvalue weighted by Gasteiger charge is 2.22. The van der Waals surface area contributed by atoms with Crippen LogP contribution < -0.4 is 10.6 Å². The zero-order valence-electron chi connectivity index (χ0n) is 11.1. The number of anilines is 1. The van der Waals surface area contributed by atoms with Gasteiger partial charge in [-0.1, -0.05) is 12.8 Å². The molecule has 6 heteroatoms. The molecule has 6 nitrogen and oxygen atoms in total. The average Bonchev–Trinajstić information content (AvgIpc) is 2.46. The monoisotopic (exact) mass is 264 g/mol. The first-order chi connectivity index (χ1) is 9.20. The summed E-state index contributed by atoms with van der Waals surface area (Å²) < 4.78 is 0. The predicted octanol–water partition coefficient (Wildman–Crippen LogP) is 0.799. The molecular weight excluding hydrogens is 244 g/mol. The Morgan fingerprint density at radius 1 is 1.37 bits per heavy atom. The second-order valence-corrected chi connectivity index (χ2v) is 4.88. The third-order valence-corrected chi connectivity index (χ3v) is 3.54. The van der Waals surface area contributed by atoms with Gasteiger partial charge in [-0.15, -0.1) is 10.2 Å². The fourth-order valence-electron chi connectivity index (χ4n) is 2.34. The molecule has 3 N–H and O–H groups in total. The molecule has 0 spiro atoms. The van der Waals surface area contributed by atoms with E-state index in [0.29, 0.717) is 18.1 Å². The SMILES string of the molecule is CNC(=O)c1ccc(NCC2CCCCC2O)nn1. The lowest BCUT2D eigenvalue weighted by atomic mass is 9.86.